The maximum absolute atomic E-state index is 11.3. The lowest BCUT2D eigenvalue weighted by Crippen LogP contribution is -2.45. The van der Waals surface area contributed by atoms with Crippen molar-refractivity contribution in [3.8, 4) is 0 Å². The number of carbonyl (C=O) groups excluding carboxylic acids is 1. The fraction of sp³-hybridized carbons (Fsp3) is 0.778. The van der Waals surface area contributed by atoms with Gasteiger partial charge < -0.3 is 20.5 Å². The van der Waals surface area contributed by atoms with E-state index in [-0.39, 0.29) is 12.5 Å². The SMILES string of the molecule is COC(CNC(=O)CC1CNC1)C(=O)O. The van der Waals surface area contributed by atoms with Gasteiger partial charge in [0.15, 0.2) is 6.10 Å². The van der Waals surface area contributed by atoms with Gasteiger partial charge in [-0.3, -0.25) is 4.79 Å². The summed E-state index contributed by atoms with van der Waals surface area (Å²) in [7, 11) is 1.31. The van der Waals surface area contributed by atoms with E-state index in [1.807, 2.05) is 0 Å². The highest BCUT2D eigenvalue weighted by Gasteiger charge is 2.22. The van der Waals surface area contributed by atoms with Crippen LogP contribution in [0.25, 0.3) is 0 Å². The van der Waals surface area contributed by atoms with Gasteiger partial charge in [-0.15, -0.1) is 0 Å². The van der Waals surface area contributed by atoms with Crippen molar-refractivity contribution in [1.29, 1.82) is 0 Å². The molecule has 1 fully saturated rings. The summed E-state index contributed by atoms with van der Waals surface area (Å²) in [6.45, 7) is 1.74. The van der Waals surface area contributed by atoms with Crippen LogP contribution in [-0.2, 0) is 14.3 Å². The lowest BCUT2D eigenvalue weighted by atomic mass is 9.99. The third kappa shape index (κ3) is 3.85. The Morgan fingerprint density at radius 1 is 1.60 bits per heavy atom. The van der Waals surface area contributed by atoms with Gasteiger partial charge >= 0.3 is 5.97 Å². The molecule has 6 heteroatoms. The number of carboxylic acids is 1. The molecular weight excluding hydrogens is 200 g/mol. The molecule has 0 aromatic carbocycles. The summed E-state index contributed by atoms with van der Waals surface area (Å²) in [5.41, 5.74) is 0. The van der Waals surface area contributed by atoms with Crippen molar-refractivity contribution in [3.05, 3.63) is 0 Å². The summed E-state index contributed by atoms with van der Waals surface area (Å²) in [5, 5.41) is 14.2. The summed E-state index contributed by atoms with van der Waals surface area (Å²) in [4.78, 5) is 21.8. The molecule has 1 saturated heterocycles. The molecule has 1 aliphatic heterocycles. The maximum Gasteiger partial charge on any atom is 0.334 e. The number of methoxy groups -OCH3 is 1. The van der Waals surface area contributed by atoms with Crippen molar-refractivity contribution < 1.29 is 19.4 Å². The van der Waals surface area contributed by atoms with Gasteiger partial charge in [0.25, 0.3) is 0 Å². The molecule has 15 heavy (non-hydrogen) atoms. The van der Waals surface area contributed by atoms with E-state index in [0.717, 1.165) is 13.1 Å². The molecule has 1 heterocycles. The Bertz CT molecular complexity index is 240. The van der Waals surface area contributed by atoms with E-state index in [2.05, 4.69) is 15.4 Å². The first-order valence-corrected chi connectivity index (χ1v) is 4.86. The molecule has 1 rings (SSSR count). The highest BCUT2D eigenvalue weighted by Crippen LogP contribution is 2.07. The number of nitrogens with one attached hydrogen (secondary N) is 2. The topological polar surface area (TPSA) is 87.7 Å². The van der Waals surface area contributed by atoms with Crippen LogP contribution in [-0.4, -0.2) is 49.8 Å². The van der Waals surface area contributed by atoms with E-state index in [1.54, 1.807) is 0 Å². The van der Waals surface area contributed by atoms with Crippen molar-refractivity contribution in [2.24, 2.45) is 5.92 Å². The average Bonchev–Trinajstić information content (AvgIpc) is 2.12. The largest absolute Gasteiger partial charge is 0.479 e. The number of ether oxygens (including phenoxy) is 1. The normalized spacial score (nSPS) is 17.9. The van der Waals surface area contributed by atoms with E-state index >= 15 is 0 Å². The standard InChI is InChI=1S/C9H16N2O4/c1-15-7(9(13)14)5-11-8(12)2-6-3-10-4-6/h6-7,10H,2-5H2,1H3,(H,11,12)(H,13,14). The maximum atomic E-state index is 11.3. The minimum Gasteiger partial charge on any atom is -0.479 e. The number of amides is 1. The highest BCUT2D eigenvalue weighted by atomic mass is 16.5. The molecule has 86 valence electrons. The minimum atomic E-state index is -1.07. The van der Waals surface area contributed by atoms with Gasteiger partial charge in [0.1, 0.15) is 0 Å². The van der Waals surface area contributed by atoms with Gasteiger partial charge in [0.2, 0.25) is 5.91 Å². The predicted molar refractivity (Wildman–Crippen MR) is 52.4 cm³/mol. The molecule has 0 aromatic rings. The molecule has 1 amide bonds. The molecule has 0 saturated carbocycles. The third-order valence-corrected chi connectivity index (χ3v) is 2.38. The smallest absolute Gasteiger partial charge is 0.334 e. The number of hydrogen-bond acceptors (Lipinski definition) is 4. The number of aliphatic carboxylic acids is 1. The van der Waals surface area contributed by atoms with Gasteiger partial charge in [0.05, 0.1) is 6.54 Å². The molecule has 0 radical (unpaired) electrons. The second kappa shape index (κ2) is 5.67. The number of hydrogen-bond donors (Lipinski definition) is 3. The third-order valence-electron chi connectivity index (χ3n) is 2.38. The Hall–Kier alpha value is -1.14. The van der Waals surface area contributed by atoms with Crippen molar-refractivity contribution >= 4 is 11.9 Å². The Morgan fingerprint density at radius 3 is 2.67 bits per heavy atom. The molecule has 1 atom stereocenters. The fourth-order valence-electron chi connectivity index (χ4n) is 1.31. The van der Waals surface area contributed by atoms with Gasteiger partial charge in [-0.1, -0.05) is 0 Å². The van der Waals surface area contributed by atoms with Gasteiger partial charge in [-0.2, -0.15) is 0 Å². The van der Waals surface area contributed by atoms with Gasteiger partial charge in [-0.25, -0.2) is 4.79 Å². The monoisotopic (exact) mass is 216 g/mol. The van der Waals surface area contributed by atoms with Crippen LogP contribution in [0.3, 0.4) is 0 Å². The second-order valence-corrected chi connectivity index (χ2v) is 3.60. The van der Waals surface area contributed by atoms with Crippen LogP contribution in [0.2, 0.25) is 0 Å². The zero-order valence-electron chi connectivity index (χ0n) is 8.66. The molecule has 6 nitrogen and oxygen atoms in total. The zero-order valence-corrected chi connectivity index (χ0v) is 8.66. The molecule has 0 spiro atoms. The van der Waals surface area contributed by atoms with E-state index in [1.165, 1.54) is 7.11 Å². The van der Waals surface area contributed by atoms with Gasteiger partial charge in [0, 0.05) is 13.5 Å². The molecule has 1 unspecified atom stereocenters. The Labute approximate surface area is 88.0 Å². The van der Waals surface area contributed by atoms with Crippen LogP contribution in [0.4, 0.5) is 0 Å². The van der Waals surface area contributed by atoms with E-state index in [0.29, 0.717) is 12.3 Å². The highest BCUT2D eigenvalue weighted by molar-refractivity contribution is 5.78. The van der Waals surface area contributed by atoms with Crippen LogP contribution in [0, 0.1) is 5.92 Å². The van der Waals surface area contributed by atoms with Crippen molar-refractivity contribution in [1.82, 2.24) is 10.6 Å². The molecule has 3 N–H and O–H groups in total. The van der Waals surface area contributed by atoms with Gasteiger partial charge in [-0.05, 0) is 19.0 Å². The average molecular weight is 216 g/mol. The molecule has 0 aromatic heterocycles. The van der Waals surface area contributed by atoms with Crippen LogP contribution >= 0.6 is 0 Å². The van der Waals surface area contributed by atoms with Crippen LogP contribution in [0.5, 0.6) is 0 Å². The summed E-state index contributed by atoms with van der Waals surface area (Å²) in [5.74, 6) is -0.802. The number of carboxylic acid groups (broad SMARTS) is 1. The minimum absolute atomic E-state index is 0.0187. The van der Waals surface area contributed by atoms with E-state index in [9.17, 15) is 9.59 Å². The second-order valence-electron chi connectivity index (χ2n) is 3.60. The quantitative estimate of drug-likeness (QED) is 0.519. The summed E-state index contributed by atoms with van der Waals surface area (Å²) in [6.07, 6.45) is -0.517. The van der Waals surface area contributed by atoms with E-state index in [4.69, 9.17) is 5.11 Å². The van der Waals surface area contributed by atoms with E-state index < -0.39 is 12.1 Å². The molecule has 1 aliphatic rings. The first-order chi connectivity index (χ1) is 7.13. The lowest BCUT2D eigenvalue weighted by molar-refractivity contribution is -0.148. The van der Waals surface area contributed by atoms with Crippen LogP contribution in [0.1, 0.15) is 6.42 Å². The zero-order chi connectivity index (χ0) is 11.3. The number of carbonyl (C=O) groups is 2. The fourth-order valence-corrected chi connectivity index (χ4v) is 1.31. The summed E-state index contributed by atoms with van der Waals surface area (Å²) in [6, 6.07) is 0. The van der Waals surface area contributed by atoms with Crippen molar-refractivity contribution in [2.75, 3.05) is 26.7 Å². The van der Waals surface area contributed by atoms with Crippen LogP contribution in [0.15, 0.2) is 0 Å². The molecule has 0 aliphatic carbocycles. The number of rotatable bonds is 6. The molecule has 0 bridgehead atoms. The summed E-state index contributed by atoms with van der Waals surface area (Å²) >= 11 is 0. The van der Waals surface area contributed by atoms with Crippen molar-refractivity contribution in [2.45, 2.75) is 12.5 Å². The molecular formula is C9H16N2O4. The Morgan fingerprint density at radius 2 is 2.27 bits per heavy atom. The Kier molecular flexibility index (Phi) is 4.51. The predicted octanol–water partition coefficient (Wildman–Crippen LogP) is -1.19. The first-order valence-electron chi connectivity index (χ1n) is 4.86. The summed E-state index contributed by atoms with van der Waals surface area (Å²) < 4.78 is 4.68. The van der Waals surface area contributed by atoms with Crippen molar-refractivity contribution in [3.63, 3.8) is 0 Å². The Balaban J connectivity index is 2.16. The first kappa shape index (κ1) is 11.9. The van der Waals surface area contributed by atoms with Crippen LogP contribution < -0.4 is 10.6 Å². The lowest BCUT2D eigenvalue weighted by Gasteiger charge is -2.26.